The molecule has 0 unspecified atom stereocenters. The minimum Gasteiger partial charge on any atom is -0.378 e. The molecule has 0 aliphatic carbocycles. The first-order chi connectivity index (χ1) is 8.56. The van der Waals surface area contributed by atoms with Gasteiger partial charge in [-0.15, -0.1) is 5.10 Å². The molecule has 0 fully saturated rings. The lowest BCUT2D eigenvalue weighted by Gasteiger charge is -2.05. The summed E-state index contributed by atoms with van der Waals surface area (Å²) in [5.41, 5.74) is 1.34. The summed E-state index contributed by atoms with van der Waals surface area (Å²) in [6.45, 7) is 0.450. The number of nitro benzene ring substituents is 1. The highest BCUT2D eigenvalue weighted by molar-refractivity contribution is 6.33. The number of benzene rings is 1. The summed E-state index contributed by atoms with van der Waals surface area (Å²) in [6, 6.07) is 4.27. The average molecular weight is 268 g/mol. The molecule has 1 aromatic heterocycles. The van der Waals surface area contributed by atoms with Crippen molar-refractivity contribution in [2.45, 2.75) is 6.54 Å². The van der Waals surface area contributed by atoms with Gasteiger partial charge in [-0.05, 0) is 6.07 Å². The van der Waals surface area contributed by atoms with Crippen LogP contribution in [-0.2, 0) is 13.6 Å². The van der Waals surface area contributed by atoms with Gasteiger partial charge in [-0.25, -0.2) is 0 Å². The van der Waals surface area contributed by atoms with Crippen LogP contribution in [0.1, 0.15) is 5.69 Å². The minimum absolute atomic E-state index is 0.0370. The van der Waals surface area contributed by atoms with Crippen LogP contribution in [0.3, 0.4) is 0 Å². The third-order valence-electron chi connectivity index (χ3n) is 2.27. The van der Waals surface area contributed by atoms with Crippen LogP contribution in [0.15, 0.2) is 24.4 Å². The van der Waals surface area contributed by atoms with E-state index >= 15 is 0 Å². The number of nitro groups is 1. The van der Waals surface area contributed by atoms with Crippen LogP contribution >= 0.6 is 11.6 Å². The number of anilines is 1. The molecule has 1 N–H and O–H groups in total. The van der Waals surface area contributed by atoms with Crippen LogP contribution in [0.4, 0.5) is 11.4 Å². The number of non-ortho nitro benzene ring substituents is 1. The normalized spacial score (nSPS) is 10.3. The Morgan fingerprint density at radius 2 is 2.33 bits per heavy atom. The van der Waals surface area contributed by atoms with Crippen LogP contribution in [0.5, 0.6) is 0 Å². The molecule has 1 aromatic carbocycles. The molecule has 2 aromatic rings. The van der Waals surface area contributed by atoms with Gasteiger partial charge in [0.1, 0.15) is 5.69 Å². The number of aryl methyl sites for hydroxylation is 1. The van der Waals surface area contributed by atoms with Crippen molar-refractivity contribution < 1.29 is 4.92 Å². The smallest absolute Gasteiger partial charge is 0.271 e. The Kier molecular flexibility index (Phi) is 3.42. The van der Waals surface area contributed by atoms with E-state index in [1.54, 1.807) is 24.0 Å². The Morgan fingerprint density at radius 1 is 1.56 bits per heavy atom. The lowest BCUT2D eigenvalue weighted by atomic mass is 10.3. The van der Waals surface area contributed by atoms with Gasteiger partial charge < -0.3 is 5.32 Å². The second-order valence-electron chi connectivity index (χ2n) is 3.66. The van der Waals surface area contributed by atoms with E-state index in [9.17, 15) is 10.1 Å². The molecule has 0 spiro atoms. The fourth-order valence-corrected chi connectivity index (χ4v) is 1.66. The number of hydrogen-bond donors (Lipinski definition) is 1. The maximum atomic E-state index is 10.6. The number of nitrogens with zero attached hydrogens (tertiary/aromatic N) is 4. The summed E-state index contributed by atoms with van der Waals surface area (Å²) in [4.78, 5) is 10.1. The Hall–Kier alpha value is -2.15. The van der Waals surface area contributed by atoms with E-state index in [2.05, 4.69) is 15.6 Å². The van der Waals surface area contributed by atoms with E-state index in [0.29, 0.717) is 17.3 Å². The molecule has 18 heavy (non-hydrogen) atoms. The van der Waals surface area contributed by atoms with Crippen LogP contribution in [-0.4, -0.2) is 19.9 Å². The molecular weight excluding hydrogens is 258 g/mol. The van der Waals surface area contributed by atoms with Crippen LogP contribution in [0.2, 0.25) is 5.02 Å². The molecule has 94 valence electrons. The number of hydrogen-bond acceptors (Lipinski definition) is 5. The van der Waals surface area contributed by atoms with Gasteiger partial charge >= 0.3 is 0 Å². The van der Waals surface area contributed by atoms with Crippen LogP contribution in [0, 0.1) is 10.1 Å². The molecule has 7 nitrogen and oxygen atoms in total. The van der Waals surface area contributed by atoms with E-state index in [-0.39, 0.29) is 5.69 Å². The van der Waals surface area contributed by atoms with Gasteiger partial charge in [-0.2, -0.15) is 0 Å². The van der Waals surface area contributed by atoms with Gasteiger partial charge in [0.2, 0.25) is 0 Å². The number of rotatable bonds is 4. The van der Waals surface area contributed by atoms with Crippen molar-refractivity contribution in [1.82, 2.24) is 15.0 Å². The molecule has 0 aliphatic rings. The Bertz CT molecular complexity index is 583. The molecule has 8 heteroatoms. The molecule has 0 aliphatic heterocycles. The third kappa shape index (κ3) is 2.75. The Balaban J connectivity index is 2.08. The molecule has 0 radical (unpaired) electrons. The van der Waals surface area contributed by atoms with Crippen molar-refractivity contribution in [3.8, 4) is 0 Å². The molecule has 2 rings (SSSR count). The maximum absolute atomic E-state index is 10.6. The quantitative estimate of drug-likeness (QED) is 0.676. The minimum atomic E-state index is -0.488. The van der Waals surface area contributed by atoms with Crippen molar-refractivity contribution >= 4 is 23.0 Å². The highest BCUT2D eigenvalue weighted by Crippen LogP contribution is 2.26. The predicted molar refractivity (Wildman–Crippen MR) is 66.4 cm³/mol. The number of nitrogens with one attached hydrogen (secondary N) is 1. The van der Waals surface area contributed by atoms with E-state index < -0.39 is 4.92 Å². The lowest BCUT2D eigenvalue weighted by molar-refractivity contribution is -0.384. The fraction of sp³-hybridized carbons (Fsp3) is 0.200. The van der Waals surface area contributed by atoms with Crippen LogP contribution in [0.25, 0.3) is 0 Å². The summed E-state index contributed by atoms with van der Waals surface area (Å²) >= 11 is 5.94. The van der Waals surface area contributed by atoms with Crippen molar-refractivity contribution in [3.05, 3.63) is 45.2 Å². The van der Waals surface area contributed by atoms with E-state index in [0.717, 1.165) is 5.69 Å². The Morgan fingerprint density at radius 3 is 2.89 bits per heavy atom. The van der Waals surface area contributed by atoms with Gasteiger partial charge in [-0.3, -0.25) is 14.8 Å². The monoisotopic (exact) mass is 267 g/mol. The van der Waals surface area contributed by atoms with Crippen molar-refractivity contribution in [2.75, 3.05) is 5.32 Å². The molecule has 0 amide bonds. The van der Waals surface area contributed by atoms with Gasteiger partial charge in [0.15, 0.2) is 0 Å². The zero-order valence-electron chi connectivity index (χ0n) is 9.50. The molecule has 1 heterocycles. The molecular formula is C10H10ClN5O2. The fourth-order valence-electron chi connectivity index (χ4n) is 1.42. The maximum Gasteiger partial charge on any atom is 0.271 e. The SMILES string of the molecule is Cn1cc(CNc2ccc([N+](=O)[O-])cc2Cl)nn1. The van der Waals surface area contributed by atoms with Crippen molar-refractivity contribution in [2.24, 2.45) is 7.05 Å². The summed E-state index contributed by atoms with van der Waals surface area (Å²) in [7, 11) is 1.77. The van der Waals surface area contributed by atoms with E-state index in [4.69, 9.17) is 11.6 Å². The first-order valence-electron chi connectivity index (χ1n) is 5.09. The average Bonchev–Trinajstić information content (AvgIpc) is 2.73. The van der Waals surface area contributed by atoms with E-state index in [1.807, 2.05) is 0 Å². The van der Waals surface area contributed by atoms with Crippen LogP contribution < -0.4 is 5.32 Å². The zero-order chi connectivity index (χ0) is 13.1. The third-order valence-corrected chi connectivity index (χ3v) is 2.59. The summed E-state index contributed by atoms with van der Waals surface area (Å²) in [6.07, 6.45) is 1.77. The molecule has 0 atom stereocenters. The van der Waals surface area contributed by atoms with Crippen molar-refractivity contribution in [1.29, 1.82) is 0 Å². The predicted octanol–water partition coefficient (Wildman–Crippen LogP) is 1.99. The molecule has 0 bridgehead atoms. The van der Waals surface area contributed by atoms with E-state index in [1.165, 1.54) is 12.1 Å². The van der Waals surface area contributed by atoms with Gasteiger partial charge in [0.05, 0.1) is 22.2 Å². The van der Waals surface area contributed by atoms with Gasteiger partial charge in [-0.1, -0.05) is 16.8 Å². The zero-order valence-corrected chi connectivity index (χ0v) is 10.3. The summed E-state index contributed by atoms with van der Waals surface area (Å²) in [5.74, 6) is 0. The number of aromatic nitrogens is 3. The standard InChI is InChI=1S/C10H10ClN5O2/c1-15-6-7(13-14-15)5-12-10-3-2-8(16(17)18)4-9(10)11/h2-4,6,12H,5H2,1H3. The highest BCUT2D eigenvalue weighted by Gasteiger charge is 2.09. The molecule has 0 saturated carbocycles. The second-order valence-corrected chi connectivity index (χ2v) is 4.07. The first kappa shape index (κ1) is 12.3. The topological polar surface area (TPSA) is 85.9 Å². The first-order valence-corrected chi connectivity index (χ1v) is 5.47. The Labute approximate surface area is 108 Å². The highest BCUT2D eigenvalue weighted by atomic mass is 35.5. The summed E-state index contributed by atoms with van der Waals surface area (Å²) < 4.78 is 1.59. The van der Waals surface area contributed by atoms with Gasteiger partial charge in [0, 0.05) is 25.4 Å². The van der Waals surface area contributed by atoms with Gasteiger partial charge in [0.25, 0.3) is 5.69 Å². The largest absolute Gasteiger partial charge is 0.378 e. The molecule has 0 saturated heterocycles. The lowest BCUT2D eigenvalue weighted by Crippen LogP contribution is -2.00. The number of halogens is 1. The summed E-state index contributed by atoms with van der Waals surface area (Å²) in [5, 5.41) is 21.6. The second kappa shape index (κ2) is 5.01. The van der Waals surface area contributed by atoms with Crippen molar-refractivity contribution in [3.63, 3.8) is 0 Å².